The van der Waals surface area contributed by atoms with Gasteiger partial charge in [-0.15, -0.1) is 24.0 Å². The third kappa shape index (κ3) is 9.16. The molecular weight excluding hydrogens is 475 g/mol. The lowest BCUT2D eigenvalue weighted by Gasteiger charge is -2.21. The third-order valence-corrected chi connectivity index (χ3v) is 4.86. The average molecular weight is 512 g/mol. The summed E-state index contributed by atoms with van der Waals surface area (Å²) >= 11 is 0. The first-order chi connectivity index (χ1) is 13.7. The molecule has 2 rings (SSSR count). The smallest absolute Gasteiger partial charge is 0.191 e. The molecule has 0 fully saturated rings. The van der Waals surface area contributed by atoms with Crippen molar-refractivity contribution in [2.75, 3.05) is 26.2 Å². The minimum absolute atomic E-state index is 0. The SMILES string of the molecule is CCNC(=NCc1ccc(-n2cccn2)cc1)NC(C)CCCN(CC)CC.I. The first kappa shape index (κ1) is 25.4. The van der Waals surface area contributed by atoms with Crippen LogP contribution in [0.2, 0.25) is 0 Å². The van der Waals surface area contributed by atoms with Gasteiger partial charge in [-0.25, -0.2) is 9.67 Å². The van der Waals surface area contributed by atoms with E-state index in [4.69, 9.17) is 4.99 Å². The third-order valence-electron chi connectivity index (χ3n) is 4.86. The van der Waals surface area contributed by atoms with E-state index in [2.05, 4.69) is 72.6 Å². The Morgan fingerprint density at radius 2 is 1.90 bits per heavy atom. The highest BCUT2D eigenvalue weighted by molar-refractivity contribution is 14.0. The van der Waals surface area contributed by atoms with Crippen LogP contribution >= 0.6 is 24.0 Å². The summed E-state index contributed by atoms with van der Waals surface area (Å²) in [5, 5.41) is 11.2. The van der Waals surface area contributed by atoms with Gasteiger partial charge in [-0.05, 0) is 70.1 Å². The number of aliphatic imine (C=N–C) groups is 1. The van der Waals surface area contributed by atoms with Gasteiger partial charge in [0.05, 0.1) is 12.2 Å². The van der Waals surface area contributed by atoms with Gasteiger partial charge in [-0.1, -0.05) is 26.0 Å². The van der Waals surface area contributed by atoms with Gasteiger partial charge in [-0.3, -0.25) is 0 Å². The summed E-state index contributed by atoms with van der Waals surface area (Å²) in [5.74, 6) is 0.883. The van der Waals surface area contributed by atoms with Crippen LogP contribution in [-0.4, -0.2) is 52.9 Å². The zero-order valence-electron chi connectivity index (χ0n) is 18.3. The largest absolute Gasteiger partial charge is 0.357 e. The second-order valence-electron chi connectivity index (χ2n) is 7.03. The van der Waals surface area contributed by atoms with E-state index in [1.807, 2.05) is 16.9 Å². The van der Waals surface area contributed by atoms with E-state index >= 15 is 0 Å². The summed E-state index contributed by atoms with van der Waals surface area (Å²) in [4.78, 5) is 7.22. The molecule has 0 saturated heterocycles. The molecule has 29 heavy (non-hydrogen) atoms. The molecule has 1 atom stereocenters. The highest BCUT2D eigenvalue weighted by Crippen LogP contribution is 2.09. The Bertz CT molecular complexity index is 680. The fourth-order valence-corrected chi connectivity index (χ4v) is 3.13. The van der Waals surface area contributed by atoms with Gasteiger partial charge < -0.3 is 15.5 Å². The molecule has 0 aliphatic rings. The quantitative estimate of drug-likeness (QED) is 0.271. The van der Waals surface area contributed by atoms with E-state index < -0.39 is 0 Å². The topological polar surface area (TPSA) is 57.5 Å². The zero-order chi connectivity index (χ0) is 20.2. The highest BCUT2D eigenvalue weighted by atomic mass is 127. The number of nitrogens with zero attached hydrogens (tertiary/aromatic N) is 4. The molecule has 1 aromatic heterocycles. The monoisotopic (exact) mass is 512 g/mol. The van der Waals surface area contributed by atoms with Gasteiger partial charge in [0.15, 0.2) is 5.96 Å². The minimum atomic E-state index is 0. The molecule has 0 aliphatic carbocycles. The second-order valence-corrected chi connectivity index (χ2v) is 7.03. The Balaban J connectivity index is 0.00000420. The van der Waals surface area contributed by atoms with Crippen molar-refractivity contribution in [3.8, 4) is 5.69 Å². The fourth-order valence-electron chi connectivity index (χ4n) is 3.13. The van der Waals surface area contributed by atoms with Crippen molar-refractivity contribution < 1.29 is 0 Å². The molecule has 0 saturated carbocycles. The van der Waals surface area contributed by atoms with Gasteiger partial charge in [0, 0.05) is 25.0 Å². The van der Waals surface area contributed by atoms with Crippen molar-refractivity contribution in [1.29, 1.82) is 0 Å². The van der Waals surface area contributed by atoms with Crippen molar-refractivity contribution in [3.05, 3.63) is 48.3 Å². The van der Waals surface area contributed by atoms with Crippen LogP contribution in [0.4, 0.5) is 0 Å². The van der Waals surface area contributed by atoms with Crippen LogP contribution in [0.1, 0.15) is 46.1 Å². The summed E-state index contributed by atoms with van der Waals surface area (Å²) < 4.78 is 1.86. The van der Waals surface area contributed by atoms with Crippen molar-refractivity contribution in [3.63, 3.8) is 0 Å². The van der Waals surface area contributed by atoms with Gasteiger partial charge in [0.25, 0.3) is 0 Å². The van der Waals surface area contributed by atoms with E-state index in [0.29, 0.717) is 12.6 Å². The van der Waals surface area contributed by atoms with Gasteiger partial charge in [-0.2, -0.15) is 5.10 Å². The molecular formula is C22H37IN6. The number of halogens is 1. The molecule has 0 bridgehead atoms. The van der Waals surface area contributed by atoms with E-state index in [1.165, 1.54) is 12.0 Å². The first-order valence-electron chi connectivity index (χ1n) is 10.5. The van der Waals surface area contributed by atoms with Crippen molar-refractivity contribution in [1.82, 2.24) is 25.3 Å². The van der Waals surface area contributed by atoms with E-state index in [0.717, 1.165) is 44.2 Å². The predicted molar refractivity (Wildman–Crippen MR) is 133 cm³/mol. The van der Waals surface area contributed by atoms with Crippen LogP contribution in [0.25, 0.3) is 5.69 Å². The summed E-state index contributed by atoms with van der Waals surface area (Å²) in [6, 6.07) is 10.7. The number of guanidine groups is 1. The lowest BCUT2D eigenvalue weighted by atomic mass is 10.2. The standard InChI is InChI=1S/C22H36N6.HI/c1-5-23-22(26-19(4)10-8-16-27(6-2)7-3)24-18-20-11-13-21(14-12-20)28-17-9-15-25-28;/h9,11-15,17,19H,5-8,10,16,18H2,1-4H3,(H2,23,24,26);1H. The number of nitrogens with one attached hydrogen (secondary N) is 2. The summed E-state index contributed by atoms with van der Waals surface area (Å²) in [6.45, 7) is 13.7. The van der Waals surface area contributed by atoms with Crippen LogP contribution in [0, 0.1) is 0 Å². The van der Waals surface area contributed by atoms with Crippen molar-refractivity contribution >= 4 is 29.9 Å². The van der Waals surface area contributed by atoms with Crippen LogP contribution < -0.4 is 10.6 Å². The number of hydrogen-bond acceptors (Lipinski definition) is 3. The molecule has 7 heteroatoms. The van der Waals surface area contributed by atoms with Gasteiger partial charge in [0.2, 0.25) is 0 Å². The molecule has 1 heterocycles. The molecule has 0 amide bonds. The molecule has 1 unspecified atom stereocenters. The van der Waals surface area contributed by atoms with Crippen LogP contribution in [0.5, 0.6) is 0 Å². The van der Waals surface area contributed by atoms with Crippen LogP contribution in [0.3, 0.4) is 0 Å². The molecule has 162 valence electrons. The summed E-state index contributed by atoms with van der Waals surface area (Å²) in [6.07, 6.45) is 6.07. The Morgan fingerprint density at radius 1 is 1.17 bits per heavy atom. The maximum atomic E-state index is 4.75. The zero-order valence-corrected chi connectivity index (χ0v) is 20.6. The lowest BCUT2D eigenvalue weighted by Crippen LogP contribution is -2.42. The van der Waals surface area contributed by atoms with Crippen molar-refractivity contribution in [2.45, 2.75) is 53.1 Å². The number of benzene rings is 1. The van der Waals surface area contributed by atoms with Crippen molar-refractivity contribution in [2.24, 2.45) is 4.99 Å². The van der Waals surface area contributed by atoms with Gasteiger partial charge in [0.1, 0.15) is 0 Å². The predicted octanol–water partition coefficient (Wildman–Crippen LogP) is 4.06. The number of hydrogen-bond donors (Lipinski definition) is 2. The lowest BCUT2D eigenvalue weighted by molar-refractivity contribution is 0.292. The molecule has 6 nitrogen and oxygen atoms in total. The highest BCUT2D eigenvalue weighted by Gasteiger charge is 2.07. The second kappa shape index (κ2) is 14.4. The maximum Gasteiger partial charge on any atom is 0.191 e. The summed E-state index contributed by atoms with van der Waals surface area (Å²) in [7, 11) is 0. The first-order valence-corrected chi connectivity index (χ1v) is 10.5. The van der Waals surface area contributed by atoms with Crippen LogP contribution in [0.15, 0.2) is 47.7 Å². The Hall–Kier alpha value is -1.61. The Labute approximate surface area is 193 Å². The molecule has 1 aromatic carbocycles. The molecule has 2 N–H and O–H groups in total. The van der Waals surface area contributed by atoms with Gasteiger partial charge >= 0.3 is 0 Å². The maximum absolute atomic E-state index is 4.75. The fraction of sp³-hybridized carbons (Fsp3) is 0.545. The normalized spacial score (nSPS) is 12.5. The minimum Gasteiger partial charge on any atom is -0.357 e. The summed E-state index contributed by atoms with van der Waals surface area (Å²) in [5.41, 5.74) is 2.24. The Morgan fingerprint density at radius 3 is 2.48 bits per heavy atom. The molecule has 2 aromatic rings. The average Bonchev–Trinajstić information content (AvgIpc) is 3.25. The molecule has 0 radical (unpaired) electrons. The molecule has 0 spiro atoms. The number of rotatable bonds is 11. The van der Waals surface area contributed by atoms with E-state index in [-0.39, 0.29) is 24.0 Å². The van der Waals surface area contributed by atoms with Crippen LogP contribution in [-0.2, 0) is 6.54 Å². The number of aromatic nitrogens is 2. The van der Waals surface area contributed by atoms with E-state index in [1.54, 1.807) is 6.20 Å². The molecule has 0 aliphatic heterocycles. The Kier molecular flexibility index (Phi) is 12.6. The van der Waals surface area contributed by atoms with E-state index in [9.17, 15) is 0 Å².